The molecule has 0 aromatic heterocycles. The number of carbonyl (C=O) groups is 1. The average molecular weight is 212 g/mol. The molecule has 2 rings (SSSR count). The second kappa shape index (κ2) is 4.49. The fraction of sp³-hybridized carbons (Fsp3) is 0.909. The van der Waals surface area contributed by atoms with E-state index in [1.54, 1.807) is 0 Å². The van der Waals surface area contributed by atoms with Gasteiger partial charge in [-0.15, -0.1) is 0 Å². The van der Waals surface area contributed by atoms with Crippen LogP contribution in [-0.2, 0) is 9.53 Å². The molecule has 0 bridgehead atoms. The molecule has 2 saturated heterocycles. The number of hydrogen-bond acceptors (Lipinski definition) is 3. The Bertz CT molecular complexity index is 239. The summed E-state index contributed by atoms with van der Waals surface area (Å²) in [5, 5.41) is 3.27. The van der Waals surface area contributed by atoms with Crippen molar-refractivity contribution in [2.75, 3.05) is 20.1 Å². The summed E-state index contributed by atoms with van der Waals surface area (Å²) in [4.78, 5) is 13.9. The first kappa shape index (κ1) is 10.9. The van der Waals surface area contributed by atoms with E-state index in [2.05, 4.69) is 5.32 Å². The Kier molecular flexibility index (Phi) is 3.26. The van der Waals surface area contributed by atoms with Crippen molar-refractivity contribution < 1.29 is 9.53 Å². The molecule has 2 aliphatic heterocycles. The molecule has 0 aliphatic carbocycles. The molecule has 4 heteroatoms. The molecule has 0 saturated carbocycles. The maximum atomic E-state index is 12.1. The van der Waals surface area contributed by atoms with Gasteiger partial charge in [0.2, 0.25) is 0 Å². The van der Waals surface area contributed by atoms with Gasteiger partial charge in [0.05, 0.1) is 6.10 Å². The van der Waals surface area contributed by atoms with Crippen molar-refractivity contribution in [2.45, 2.75) is 44.4 Å². The van der Waals surface area contributed by atoms with Crippen LogP contribution in [0.4, 0.5) is 0 Å². The van der Waals surface area contributed by atoms with Crippen LogP contribution in [0, 0.1) is 0 Å². The van der Waals surface area contributed by atoms with Crippen molar-refractivity contribution in [2.24, 2.45) is 0 Å². The Morgan fingerprint density at radius 3 is 2.73 bits per heavy atom. The minimum atomic E-state index is -0.189. The highest BCUT2D eigenvalue weighted by Gasteiger charge is 2.33. The summed E-state index contributed by atoms with van der Waals surface area (Å²) in [5.74, 6) is 0.160. The lowest BCUT2D eigenvalue weighted by molar-refractivity contribution is -0.143. The van der Waals surface area contributed by atoms with E-state index in [0.29, 0.717) is 6.04 Å². The quantitative estimate of drug-likeness (QED) is 0.719. The highest BCUT2D eigenvalue weighted by molar-refractivity contribution is 5.81. The Morgan fingerprint density at radius 2 is 2.20 bits per heavy atom. The van der Waals surface area contributed by atoms with Crippen molar-refractivity contribution in [3.05, 3.63) is 0 Å². The van der Waals surface area contributed by atoms with Crippen molar-refractivity contribution in [1.82, 2.24) is 10.2 Å². The Morgan fingerprint density at radius 1 is 1.40 bits per heavy atom. The van der Waals surface area contributed by atoms with Crippen molar-refractivity contribution in [3.63, 3.8) is 0 Å². The van der Waals surface area contributed by atoms with Gasteiger partial charge in [0, 0.05) is 19.6 Å². The summed E-state index contributed by atoms with van der Waals surface area (Å²) < 4.78 is 5.59. The summed E-state index contributed by atoms with van der Waals surface area (Å²) in [7, 11) is 1.90. The van der Waals surface area contributed by atoms with Crippen LogP contribution in [0.3, 0.4) is 0 Å². The molecule has 0 radical (unpaired) electrons. The summed E-state index contributed by atoms with van der Waals surface area (Å²) >= 11 is 0. The maximum absolute atomic E-state index is 12.1. The second-order valence-corrected chi connectivity index (χ2v) is 4.61. The molecule has 2 heterocycles. The molecular weight excluding hydrogens is 192 g/mol. The van der Waals surface area contributed by atoms with Crippen molar-refractivity contribution in [1.29, 1.82) is 0 Å². The predicted octanol–water partition coefficient (Wildman–Crippen LogP) is 0.374. The monoisotopic (exact) mass is 212 g/mol. The number of likely N-dealkylation sites (N-methyl/N-ethyl adjacent to an activating group) is 1. The van der Waals surface area contributed by atoms with Crippen molar-refractivity contribution >= 4 is 5.91 Å². The number of carbonyl (C=O) groups excluding carboxylic acids is 1. The topological polar surface area (TPSA) is 41.6 Å². The largest absolute Gasteiger partial charge is 0.365 e. The SMILES string of the molecule is CC1CCC(C(=O)N(C)C2CCNC2)O1. The molecule has 2 aliphatic rings. The van der Waals surface area contributed by atoms with Crippen LogP contribution in [0.2, 0.25) is 0 Å². The van der Waals surface area contributed by atoms with E-state index in [-0.39, 0.29) is 18.1 Å². The van der Waals surface area contributed by atoms with E-state index in [1.807, 2.05) is 18.9 Å². The van der Waals surface area contributed by atoms with Crippen LogP contribution in [0.5, 0.6) is 0 Å². The first-order valence-electron chi connectivity index (χ1n) is 5.81. The van der Waals surface area contributed by atoms with Gasteiger partial charge in [-0.1, -0.05) is 0 Å². The third-order valence-electron chi connectivity index (χ3n) is 3.44. The highest BCUT2D eigenvalue weighted by Crippen LogP contribution is 2.21. The molecule has 0 aromatic carbocycles. The zero-order valence-corrected chi connectivity index (χ0v) is 9.53. The van der Waals surface area contributed by atoms with E-state index in [1.165, 1.54) is 0 Å². The summed E-state index contributed by atoms with van der Waals surface area (Å²) in [6, 6.07) is 0.358. The lowest BCUT2D eigenvalue weighted by Gasteiger charge is -2.26. The second-order valence-electron chi connectivity index (χ2n) is 4.61. The third kappa shape index (κ3) is 2.32. The number of rotatable bonds is 2. The Balaban J connectivity index is 1.89. The van der Waals surface area contributed by atoms with E-state index < -0.39 is 0 Å². The van der Waals surface area contributed by atoms with Gasteiger partial charge in [-0.3, -0.25) is 4.79 Å². The number of nitrogens with zero attached hydrogens (tertiary/aromatic N) is 1. The summed E-state index contributed by atoms with van der Waals surface area (Å²) in [5.41, 5.74) is 0. The normalized spacial score (nSPS) is 35.7. The fourth-order valence-electron chi connectivity index (χ4n) is 2.36. The van der Waals surface area contributed by atoms with Crippen molar-refractivity contribution in [3.8, 4) is 0 Å². The average Bonchev–Trinajstić information content (AvgIpc) is 2.85. The molecular formula is C11H20N2O2. The first-order chi connectivity index (χ1) is 7.18. The van der Waals surface area contributed by atoms with Crippen LogP contribution in [0.1, 0.15) is 26.2 Å². The van der Waals surface area contributed by atoms with Crippen LogP contribution in [-0.4, -0.2) is 49.2 Å². The predicted molar refractivity (Wildman–Crippen MR) is 57.6 cm³/mol. The Labute approximate surface area is 91.0 Å². The molecule has 2 fully saturated rings. The fourth-order valence-corrected chi connectivity index (χ4v) is 2.36. The lowest BCUT2D eigenvalue weighted by atomic mass is 10.1. The number of nitrogens with one attached hydrogen (secondary N) is 1. The molecule has 15 heavy (non-hydrogen) atoms. The van der Waals surface area contributed by atoms with Crippen LogP contribution in [0.15, 0.2) is 0 Å². The molecule has 1 N–H and O–H groups in total. The summed E-state index contributed by atoms with van der Waals surface area (Å²) in [6.45, 7) is 3.97. The zero-order valence-electron chi connectivity index (χ0n) is 9.53. The molecule has 0 spiro atoms. The van der Waals surface area contributed by atoms with E-state index in [4.69, 9.17) is 4.74 Å². The molecule has 4 nitrogen and oxygen atoms in total. The minimum absolute atomic E-state index is 0.160. The van der Waals surface area contributed by atoms with Crippen LogP contribution < -0.4 is 5.32 Å². The van der Waals surface area contributed by atoms with Gasteiger partial charge in [-0.25, -0.2) is 0 Å². The number of ether oxygens (including phenoxy) is 1. The van der Waals surface area contributed by atoms with Gasteiger partial charge < -0.3 is 15.0 Å². The van der Waals surface area contributed by atoms with Gasteiger partial charge in [0.1, 0.15) is 6.10 Å². The molecule has 3 atom stereocenters. The smallest absolute Gasteiger partial charge is 0.251 e. The maximum Gasteiger partial charge on any atom is 0.251 e. The van der Waals surface area contributed by atoms with Gasteiger partial charge in [0.25, 0.3) is 5.91 Å². The Hall–Kier alpha value is -0.610. The summed E-state index contributed by atoms with van der Waals surface area (Å²) in [6.07, 6.45) is 3.00. The van der Waals surface area contributed by atoms with Crippen LogP contribution in [0.25, 0.3) is 0 Å². The lowest BCUT2D eigenvalue weighted by Crippen LogP contribution is -2.43. The standard InChI is InChI=1S/C11H20N2O2/c1-8-3-4-10(15-8)11(14)13(2)9-5-6-12-7-9/h8-10,12H,3-7H2,1-2H3. The van der Waals surface area contributed by atoms with Gasteiger partial charge in [-0.2, -0.15) is 0 Å². The van der Waals surface area contributed by atoms with E-state index in [0.717, 1.165) is 32.4 Å². The van der Waals surface area contributed by atoms with Gasteiger partial charge >= 0.3 is 0 Å². The van der Waals surface area contributed by atoms with Gasteiger partial charge in [0.15, 0.2) is 0 Å². The zero-order chi connectivity index (χ0) is 10.8. The molecule has 1 amide bonds. The van der Waals surface area contributed by atoms with E-state index >= 15 is 0 Å². The molecule has 0 aromatic rings. The third-order valence-corrected chi connectivity index (χ3v) is 3.44. The van der Waals surface area contributed by atoms with Crippen LogP contribution >= 0.6 is 0 Å². The molecule has 86 valence electrons. The number of amides is 1. The van der Waals surface area contributed by atoms with E-state index in [9.17, 15) is 4.79 Å². The molecule has 3 unspecified atom stereocenters. The number of hydrogen-bond donors (Lipinski definition) is 1. The van der Waals surface area contributed by atoms with Gasteiger partial charge in [-0.05, 0) is 32.7 Å². The highest BCUT2D eigenvalue weighted by atomic mass is 16.5. The first-order valence-corrected chi connectivity index (χ1v) is 5.81. The minimum Gasteiger partial charge on any atom is -0.365 e.